The number of nitrogens with zero attached hydrogens (tertiary/aromatic N) is 6. The van der Waals surface area contributed by atoms with Crippen molar-refractivity contribution in [1.82, 2.24) is 9.13 Å². The van der Waals surface area contributed by atoms with Crippen LogP contribution in [0.15, 0.2) is 146 Å². The Balaban J connectivity index is 1.27. The minimum absolute atomic E-state index is 0.370. The number of aromatic nitrogens is 2. The fourth-order valence-corrected chi connectivity index (χ4v) is 7.53. The van der Waals surface area contributed by atoms with Gasteiger partial charge in [-0.15, -0.1) is 0 Å². The van der Waals surface area contributed by atoms with Crippen molar-refractivity contribution < 1.29 is 0 Å². The van der Waals surface area contributed by atoms with Crippen LogP contribution in [-0.4, -0.2) is 9.13 Å². The van der Waals surface area contributed by atoms with Crippen molar-refractivity contribution in [3.8, 4) is 57.9 Å². The summed E-state index contributed by atoms with van der Waals surface area (Å²) in [7, 11) is 0. The summed E-state index contributed by atoms with van der Waals surface area (Å²) in [5.74, 6) is 0. The number of hydrogen-bond acceptors (Lipinski definition) is 4. The van der Waals surface area contributed by atoms with Crippen LogP contribution in [0.25, 0.3) is 77.2 Å². The zero-order chi connectivity index (χ0) is 35.3. The Labute approximate surface area is 298 Å². The predicted molar refractivity (Wildman–Crippen MR) is 205 cm³/mol. The molecule has 0 spiro atoms. The topological polar surface area (TPSA) is 105 Å². The summed E-state index contributed by atoms with van der Waals surface area (Å²) in [6.45, 7) is 0. The van der Waals surface area contributed by atoms with E-state index in [2.05, 4.69) is 106 Å². The Morgan fingerprint density at radius 2 is 0.865 bits per heavy atom. The minimum atomic E-state index is 0.370. The van der Waals surface area contributed by atoms with Crippen LogP contribution in [0.3, 0.4) is 0 Å². The lowest BCUT2D eigenvalue weighted by Crippen LogP contribution is -1.99. The van der Waals surface area contributed by atoms with E-state index in [1.165, 1.54) is 0 Å². The number of para-hydroxylation sites is 3. The lowest BCUT2D eigenvalue weighted by atomic mass is 9.97. The van der Waals surface area contributed by atoms with Crippen LogP contribution in [0.2, 0.25) is 0 Å². The Morgan fingerprint density at radius 3 is 1.48 bits per heavy atom. The van der Waals surface area contributed by atoms with Gasteiger partial charge in [0.15, 0.2) is 0 Å². The van der Waals surface area contributed by atoms with Crippen molar-refractivity contribution in [3.05, 3.63) is 168 Å². The summed E-state index contributed by atoms with van der Waals surface area (Å²) >= 11 is 0. The van der Waals surface area contributed by atoms with Crippen LogP contribution in [-0.2, 0) is 0 Å². The summed E-state index contributed by atoms with van der Waals surface area (Å²) in [6, 6.07) is 56.8. The molecule has 0 saturated carbocycles. The average Bonchev–Trinajstić information content (AvgIpc) is 3.72. The van der Waals surface area contributed by atoms with Crippen LogP contribution in [0.4, 0.5) is 0 Å². The van der Waals surface area contributed by atoms with E-state index in [9.17, 15) is 21.0 Å². The van der Waals surface area contributed by atoms with Crippen LogP contribution in [0, 0.1) is 45.3 Å². The van der Waals surface area contributed by atoms with Gasteiger partial charge in [-0.2, -0.15) is 21.0 Å². The molecule has 0 aliphatic rings. The molecule has 0 amide bonds. The molecule has 0 radical (unpaired) electrons. The Bertz CT molecular complexity index is 3040. The van der Waals surface area contributed by atoms with Gasteiger partial charge in [0.2, 0.25) is 0 Å². The zero-order valence-corrected chi connectivity index (χ0v) is 27.5. The number of hydrogen-bond donors (Lipinski definition) is 0. The maximum atomic E-state index is 10.2. The van der Waals surface area contributed by atoms with E-state index in [0.717, 1.165) is 71.7 Å². The minimum Gasteiger partial charge on any atom is -0.309 e. The second-order valence-electron chi connectivity index (χ2n) is 12.7. The standard InChI is InChI=1S/C46H24N6/c47-25-29-13-15-45(40(22-29)35-19-30(26-48)17-31(20-35)27-49)52-44-12-6-3-9-39(44)41-24-33(14-16-46(41)52)34-18-32(28-50)21-36(23-34)51-42-10-4-1-7-37(42)38-8-2-5-11-43(38)51/h1-24H. The van der Waals surface area contributed by atoms with E-state index in [-0.39, 0.29) is 0 Å². The fourth-order valence-electron chi connectivity index (χ4n) is 7.53. The summed E-state index contributed by atoms with van der Waals surface area (Å²) in [5, 5.41) is 43.9. The second kappa shape index (κ2) is 11.9. The molecule has 0 aliphatic carbocycles. The maximum absolute atomic E-state index is 10.2. The third kappa shape index (κ3) is 4.69. The average molecular weight is 661 g/mol. The van der Waals surface area contributed by atoms with Gasteiger partial charge in [0.25, 0.3) is 0 Å². The van der Waals surface area contributed by atoms with Crippen molar-refractivity contribution in [2.45, 2.75) is 0 Å². The number of benzene rings is 7. The van der Waals surface area contributed by atoms with Gasteiger partial charge in [-0.05, 0) is 102 Å². The summed E-state index contributed by atoms with van der Waals surface area (Å²) in [5.41, 5.74) is 10.9. The number of fused-ring (bicyclic) bond motifs is 6. The lowest BCUT2D eigenvalue weighted by molar-refractivity contribution is 1.18. The molecule has 0 bridgehead atoms. The first-order valence-corrected chi connectivity index (χ1v) is 16.7. The maximum Gasteiger partial charge on any atom is 0.0992 e. The van der Waals surface area contributed by atoms with E-state index in [4.69, 9.17) is 0 Å². The normalized spacial score (nSPS) is 11.0. The quantitative estimate of drug-likeness (QED) is 0.187. The monoisotopic (exact) mass is 660 g/mol. The molecule has 2 heterocycles. The van der Waals surface area contributed by atoms with Crippen LogP contribution in [0.5, 0.6) is 0 Å². The lowest BCUT2D eigenvalue weighted by Gasteiger charge is -2.15. The second-order valence-corrected chi connectivity index (χ2v) is 12.7. The first kappa shape index (κ1) is 30.2. The van der Waals surface area contributed by atoms with Crippen LogP contribution < -0.4 is 0 Å². The Hall–Kier alpha value is -7.90. The number of rotatable bonds is 4. The highest BCUT2D eigenvalue weighted by Crippen LogP contribution is 2.40. The first-order chi connectivity index (χ1) is 25.6. The molecular formula is C46H24N6. The van der Waals surface area contributed by atoms with Crippen LogP contribution in [0.1, 0.15) is 22.3 Å². The molecule has 2 aromatic heterocycles. The van der Waals surface area contributed by atoms with E-state index in [1.807, 2.05) is 48.5 Å². The van der Waals surface area contributed by atoms with Gasteiger partial charge in [0.05, 0.1) is 74.3 Å². The molecule has 0 atom stereocenters. The highest BCUT2D eigenvalue weighted by atomic mass is 15.0. The van der Waals surface area contributed by atoms with E-state index >= 15 is 0 Å². The van der Waals surface area contributed by atoms with Gasteiger partial charge in [-0.1, -0.05) is 60.7 Å². The molecule has 9 aromatic rings. The van der Waals surface area contributed by atoms with Gasteiger partial charge in [-0.3, -0.25) is 0 Å². The third-order valence-corrected chi connectivity index (χ3v) is 9.76. The van der Waals surface area contributed by atoms with Gasteiger partial charge >= 0.3 is 0 Å². The SMILES string of the molecule is N#Cc1cc(C#N)cc(-c2cc(C#N)ccc2-n2c3ccccc3c3cc(-c4cc(C#N)cc(-n5c6ccccc6c6ccccc65)c4)ccc32)c1. The molecule has 7 aromatic carbocycles. The summed E-state index contributed by atoms with van der Waals surface area (Å²) < 4.78 is 4.40. The van der Waals surface area contributed by atoms with Crippen LogP contribution >= 0.6 is 0 Å². The third-order valence-electron chi connectivity index (χ3n) is 9.76. The van der Waals surface area contributed by atoms with E-state index in [0.29, 0.717) is 27.8 Å². The molecule has 0 aliphatic heterocycles. The molecule has 0 saturated heterocycles. The largest absolute Gasteiger partial charge is 0.309 e. The van der Waals surface area contributed by atoms with Crippen molar-refractivity contribution in [1.29, 1.82) is 21.0 Å². The molecule has 0 fully saturated rings. The van der Waals surface area contributed by atoms with Crippen molar-refractivity contribution in [2.24, 2.45) is 0 Å². The highest BCUT2D eigenvalue weighted by molar-refractivity contribution is 6.11. The molecular weight excluding hydrogens is 637 g/mol. The van der Waals surface area contributed by atoms with Crippen molar-refractivity contribution >= 4 is 43.6 Å². The molecule has 9 rings (SSSR count). The molecule has 52 heavy (non-hydrogen) atoms. The fraction of sp³-hybridized carbons (Fsp3) is 0. The molecule has 0 unspecified atom stereocenters. The van der Waals surface area contributed by atoms with Gasteiger partial charge in [0, 0.05) is 32.8 Å². The van der Waals surface area contributed by atoms with Crippen molar-refractivity contribution in [2.75, 3.05) is 0 Å². The van der Waals surface area contributed by atoms with Gasteiger partial charge < -0.3 is 9.13 Å². The first-order valence-electron chi connectivity index (χ1n) is 16.7. The number of nitriles is 4. The molecule has 6 nitrogen and oxygen atoms in total. The summed E-state index contributed by atoms with van der Waals surface area (Å²) in [6.07, 6.45) is 0. The Kier molecular flexibility index (Phi) is 6.91. The van der Waals surface area contributed by atoms with Crippen molar-refractivity contribution in [3.63, 3.8) is 0 Å². The predicted octanol–water partition coefficient (Wildman–Crippen LogP) is 10.7. The molecule has 6 heteroatoms. The summed E-state index contributed by atoms with van der Waals surface area (Å²) in [4.78, 5) is 0. The molecule has 238 valence electrons. The zero-order valence-electron chi connectivity index (χ0n) is 27.5. The Morgan fingerprint density at radius 1 is 0.346 bits per heavy atom. The highest BCUT2D eigenvalue weighted by Gasteiger charge is 2.19. The van der Waals surface area contributed by atoms with E-state index in [1.54, 1.807) is 24.3 Å². The molecule has 0 N–H and O–H groups in total. The van der Waals surface area contributed by atoms with Gasteiger partial charge in [0.1, 0.15) is 0 Å². The van der Waals surface area contributed by atoms with Gasteiger partial charge in [-0.25, -0.2) is 0 Å². The smallest absolute Gasteiger partial charge is 0.0992 e. The van der Waals surface area contributed by atoms with E-state index < -0.39 is 0 Å².